The summed E-state index contributed by atoms with van der Waals surface area (Å²) in [5, 5.41) is 10.9. The number of hydrogen-bond donors (Lipinski definition) is 1. The molecule has 104 valence electrons. The highest BCUT2D eigenvalue weighted by Gasteiger charge is 2.34. The van der Waals surface area contributed by atoms with E-state index in [4.69, 9.17) is 4.74 Å². The van der Waals surface area contributed by atoms with Crippen LogP contribution in [0.3, 0.4) is 0 Å². The minimum Gasteiger partial charge on any atom is -0.493 e. The van der Waals surface area contributed by atoms with E-state index in [2.05, 4.69) is 17.9 Å². The first-order valence-electron chi connectivity index (χ1n) is 7.42. The summed E-state index contributed by atoms with van der Waals surface area (Å²) in [5.41, 5.74) is 1.69. The Kier molecular flexibility index (Phi) is 3.50. The van der Waals surface area contributed by atoms with Crippen LogP contribution < -0.4 is 4.74 Å². The van der Waals surface area contributed by atoms with Gasteiger partial charge in [-0.25, -0.2) is 0 Å². The Morgan fingerprint density at radius 2 is 2.11 bits per heavy atom. The number of aliphatic hydroxyl groups is 1. The molecule has 3 nitrogen and oxygen atoms in total. The summed E-state index contributed by atoms with van der Waals surface area (Å²) >= 11 is 0. The lowest BCUT2D eigenvalue weighted by Crippen LogP contribution is -2.42. The molecule has 1 N–H and O–H groups in total. The highest BCUT2D eigenvalue weighted by molar-refractivity contribution is 5.41. The number of nitrogens with zero attached hydrogens (tertiary/aromatic N) is 1. The minimum absolute atomic E-state index is 0.637. The first kappa shape index (κ1) is 12.9. The van der Waals surface area contributed by atoms with Crippen LogP contribution in [0.4, 0.5) is 0 Å². The zero-order valence-corrected chi connectivity index (χ0v) is 11.7. The molecule has 0 amide bonds. The van der Waals surface area contributed by atoms with E-state index in [-0.39, 0.29) is 0 Å². The van der Waals surface area contributed by atoms with Crippen molar-refractivity contribution in [1.29, 1.82) is 0 Å². The molecule has 0 radical (unpaired) electrons. The van der Waals surface area contributed by atoms with Gasteiger partial charge in [0.15, 0.2) is 0 Å². The van der Waals surface area contributed by atoms with Crippen molar-refractivity contribution in [3.8, 4) is 5.75 Å². The van der Waals surface area contributed by atoms with E-state index in [1.807, 2.05) is 12.1 Å². The Hall–Kier alpha value is -1.06. The van der Waals surface area contributed by atoms with Gasteiger partial charge in [-0.2, -0.15) is 0 Å². The molecule has 0 spiro atoms. The van der Waals surface area contributed by atoms with Crippen LogP contribution in [0, 0.1) is 0 Å². The number of benzene rings is 1. The van der Waals surface area contributed by atoms with Crippen LogP contribution in [0.15, 0.2) is 18.2 Å². The van der Waals surface area contributed by atoms with Crippen LogP contribution in [0.25, 0.3) is 0 Å². The van der Waals surface area contributed by atoms with Crippen molar-refractivity contribution in [3.63, 3.8) is 0 Å². The molecule has 2 aliphatic heterocycles. The molecule has 0 aliphatic carbocycles. The number of hydrogen-bond acceptors (Lipinski definition) is 3. The smallest absolute Gasteiger partial charge is 0.122 e. The standard InChI is InChI=1S/C16H23NO2/c1-2-8-17-9-6-16(18,7-10-17)14-3-4-15-13(12-14)5-11-19-15/h3-4,12,18H,2,5-11H2,1H3. The second-order valence-corrected chi connectivity index (χ2v) is 5.79. The molecule has 0 aromatic heterocycles. The summed E-state index contributed by atoms with van der Waals surface area (Å²) in [4.78, 5) is 2.45. The fraction of sp³-hybridized carbons (Fsp3) is 0.625. The molecule has 1 fully saturated rings. The van der Waals surface area contributed by atoms with E-state index >= 15 is 0 Å². The first-order valence-corrected chi connectivity index (χ1v) is 7.42. The van der Waals surface area contributed by atoms with Crippen molar-refractivity contribution in [3.05, 3.63) is 29.3 Å². The third-order valence-corrected chi connectivity index (χ3v) is 4.45. The van der Waals surface area contributed by atoms with Gasteiger partial charge in [-0.15, -0.1) is 0 Å². The Labute approximate surface area is 115 Å². The highest BCUT2D eigenvalue weighted by Crippen LogP contribution is 2.36. The minimum atomic E-state index is -0.637. The third kappa shape index (κ3) is 2.49. The molecular weight excluding hydrogens is 238 g/mol. The Morgan fingerprint density at radius 1 is 1.32 bits per heavy atom. The second kappa shape index (κ2) is 5.14. The van der Waals surface area contributed by atoms with Crippen LogP contribution in [0.5, 0.6) is 5.75 Å². The van der Waals surface area contributed by atoms with Crippen LogP contribution in [-0.2, 0) is 12.0 Å². The molecule has 2 heterocycles. The lowest BCUT2D eigenvalue weighted by Gasteiger charge is -2.38. The lowest BCUT2D eigenvalue weighted by molar-refractivity contribution is -0.0258. The van der Waals surface area contributed by atoms with Gasteiger partial charge in [-0.05, 0) is 49.1 Å². The molecule has 0 bridgehead atoms. The van der Waals surface area contributed by atoms with Crippen LogP contribution in [-0.4, -0.2) is 36.2 Å². The number of rotatable bonds is 3. The van der Waals surface area contributed by atoms with Crippen molar-refractivity contribution < 1.29 is 9.84 Å². The van der Waals surface area contributed by atoms with Crippen molar-refractivity contribution in [2.75, 3.05) is 26.2 Å². The van der Waals surface area contributed by atoms with Gasteiger partial charge in [-0.3, -0.25) is 0 Å². The Bertz CT molecular complexity index is 450. The number of ether oxygens (including phenoxy) is 1. The van der Waals surface area contributed by atoms with Crippen molar-refractivity contribution in [1.82, 2.24) is 4.90 Å². The second-order valence-electron chi connectivity index (χ2n) is 5.79. The Morgan fingerprint density at radius 3 is 2.84 bits per heavy atom. The lowest BCUT2D eigenvalue weighted by atomic mass is 9.83. The summed E-state index contributed by atoms with van der Waals surface area (Å²) in [6.07, 6.45) is 3.84. The fourth-order valence-electron chi connectivity index (χ4n) is 3.23. The first-order chi connectivity index (χ1) is 9.21. The Balaban J connectivity index is 1.75. The molecular formula is C16H23NO2. The molecule has 3 heteroatoms. The largest absolute Gasteiger partial charge is 0.493 e. The van der Waals surface area contributed by atoms with E-state index in [1.54, 1.807) is 0 Å². The van der Waals surface area contributed by atoms with Gasteiger partial charge in [0.05, 0.1) is 12.2 Å². The summed E-state index contributed by atoms with van der Waals surface area (Å²) in [6.45, 7) is 6.13. The maximum absolute atomic E-state index is 10.9. The third-order valence-electron chi connectivity index (χ3n) is 4.45. The van der Waals surface area contributed by atoms with E-state index in [0.717, 1.165) is 56.8 Å². The van der Waals surface area contributed by atoms with Gasteiger partial charge in [0, 0.05) is 19.5 Å². The monoisotopic (exact) mass is 261 g/mol. The summed E-state index contributed by atoms with van der Waals surface area (Å²) in [6, 6.07) is 6.21. The number of fused-ring (bicyclic) bond motifs is 1. The maximum atomic E-state index is 10.9. The molecule has 1 aromatic rings. The summed E-state index contributed by atoms with van der Waals surface area (Å²) < 4.78 is 5.53. The van der Waals surface area contributed by atoms with E-state index in [0.29, 0.717) is 0 Å². The van der Waals surface area contributed by atoms with Gasteiger partial charge in [0.2, 0.25) is 0 Å². The van der Waals surface area contributed by atoms with E-state index in [9.17, 15) is 5.11 Å². The van der Waals surface area contributed by atoms with Crippen molar-refractivity contribution in [2.24, 2.45) is 0 Å². The molecule has 19 heavy (non-hydrogen) atoms. The summed E-state index contributed by atoms with van der Waals surface area (Å²) in [5.74, 6) is 0.996. The zero-order chi connectivity index (χ0) is 13.3. The molecule has 1 aromatic carbocycles. The quantitative estimate of drug-likeness (QED) is 0.906. The van der Waals surface area contributed by atoms with Gasteiger partial charge in [-0.1, -0.05) is 13.0 Å². The van der Waals surface area contributed by atoms with Gasteiger partial charge in [0.25, 0.3) is 0 Å². The van der Waals surface area contributed by atoms with Gasteiger partial charge in [0.1, 0.15) is 5.75 Å². The van der Waals surface area contributed by atoms with Gasteiger partial charge < -0.3 is 14.7 Å². The predicted molar refractivity (Wildman–Crippen MR) is 75.5 cm³/mol. The average Bonchev–Trinajstić information content (AvgIpc) is 2.89. The highest BCUT2D eigenvalue weighted by atomic mass is 16.5. The maximum Gasteiger partial charge on any atom is 0.122 e. The number of piperidine rings is 1. The van der Waals surface area contributed by atoms with Crippen molar-refractivity contribution >= 4 is 0 Å². The molecule has 1 saturated heterocycles. The van der Waals surface area contributed by atoms with E-state index in [1.165, 1.54) is 12.0 Å². The number of likely N-dealkylation sites (tertiary alicyclic amines) is 1. The topological polar surface area (TPSA) is 32.7 Å². The molecule has 0 unspecified atom stereocenters. The predicted octanol–water partition coefficient (Wildman–Crippen LogP) is 2.31. The van der Waals surface area contributed by atoms with E-state index < -0.39 is 5.60 Å². The SMILES string of the molecule is CCCN1CCC(O)(c2ccc3c(c2)CCO3)CC1. The molecule has 0 saturated carbocycles. The molecule has 0 atom stereocenters. The molecule has 2 aliphatic rings. The fourth-order valence-corrected chi connectivity index (χ4v) is 3.23. The summed E-state index contributed by atoms with van der Waals surface area (Å²) in [7, 11) is 0. The normalized spacial score (nSPS) is 22.0. The molecule has 3 rings (SSSR count). The zero-order valence-electron chi connectivity index (χ0n) is 11.7. The van der Waals surface area contributed by atoms with Gasteiger partial charge >= 0.3 is 0 Å². The average molecular weight is 261 g/mol. The van der Waals surface area contributed by atoms with Crippen molar-refractivity contribution in [2.45, 2.75) is 38.2 Å². The van der Waals surface area contributed by atoms with Crippen LogP contribution in [0.1, 0.15) is 37.3 Å². The van der Waals surface area contributed by atoms with Crippen LogP contribution >= 0.6 is 0 Å². The van der Waals surface area contributed by atoms with Crippen LogP contribution in [0.2, 0.25) is 0 Å².